The third-order valence-electron chi connectivity index (χ3n) is 11.5. The molecule has 0 aliphatic heterocycles. The molecule has 4 heteroatoms. The smallest absolute Gasteiger partial charge is 0.166 e. The highest BCUT2D eigenvalue weighted by Crippen LogP contribution is 2.43. The molecule has 10 aromatic carbocycles. The average Bonchev–Trinajstić information content (AvgIpc) is 3.77. The second-order valence-electron chi connectivity index (χ2n) is 14.9. The zero-order chi connectivity index (χ0) is 47.2. The lowest BCUT2D eigenvalue weighted by Gasteiger charge is -2.19. The first-order valence-corrected chi connectivity index (χ1v) is 20.0. The minimum absolute atomic E-state index is 0.00793. The van der Waals surface area contributed by atoms with Crippen LogP contribution in [0.25, 0.3) is 116 Å². The van der Waals surface area contributed by atoms with Gasteiger partial charge in [-0.05, 0) is 78.8 Å². The highest BCUT2D eigenvalue weighted by Gasteiger charge is 2.23. The van der Waals surface area contributed by atoms with Crippen molar-refractivity contribution in [2.24, 2.45) is 0 Å². The fourth-order valence-electron chi connectivity index (χ4n) is 8.71. The van der Waals surface area contributed by atoms with Gasteiger partial charge >= 0.3 is 0 Å². The van der Waals surface area contributed by atoms with E-state index in [1.54, 1.807) is 10.6 Å². The maximum Gasteiger partial charge on any atom is 0.166 e. The number of nitrogens with zero attached hydrogens (tertiary/aromatic N) is 4. The molecule has 0 atom stereocenters. The van der Waals surface area contributed by atoms with Gasteiger partial charge in [-0.25, -0.2) is 15.0 Å². The Balaban J connectivity index is 1.23. The van der Waals surface area contributed by atoms with E-state index < -0.39 is 48.3 Å². The molecule has 61 heavy (non-hydrogen) atoms. The summed E-state index contributed by atoms with van der Waals surface area (Å²) >= 11 is 0. The van der Waals surface area contributed by atoms with E-state index in [0.29, 0.717) is 28.5 Å². The highest BCUT2D eigenvalue weighted by atomic mass is 15.1. The minimum Gasteiger partial charge on any atom is -0.308 e. The molecule has 0 bridgehead atoms. The molecule has 0 spiro atoms. The van der Waals surface area contributed by atoms with Gasteiger partial charge in [0.2, 0.25) is 0 Å². The van der Waals surface area contributed by atoms with Crippen molar-refractivity contribution >= 4 is 54.1 Å². The number of aromatic nitrogens is 4. The summed E-state index contributed by atoms with van der Waals surface area (Å²) in [4.78, 5) is 15.6. The molecule has 0 radical (unpaired) electrons. The van der Waals surface area contributed by atoms with Gasteiger partial charge in [0.1, 0.15) is 0 Å². The van der Waals surface area contributed by atoms with E-state index in [1.165, 1.54) is 0 Å². The summed E-state index contributed by atoms with van der Waals surface area (Å²) in [6.07, 6.45) is 0. The summed E-state index contributed by atoms with van der Waals surface area (Å²) < 4.78 is 74.0. The molecular weight excluding hydrogens is 741 g/mol. The Labute approximate surface area is 364 Å². The molecule has 0 fully saturated rings. The molecule has 0 aliphatic rings. The predicted octanol–water partition coefficient (Wildman–Crippen LogP) is 14.8. The summed E-state index contributed by atoms with van der Waals surface area (Å²) in [5.74, 6) is 0.989. The van der Waals surface area contributed by atoms with Crippen LogP contribution in [-0.2, 0) is 0 Å². The van der Waals surface area contributed by atoms with Crippen LogP contribution in [0.5, 0.6) is 0 Å². The summed E-state index contributed by atoms with van der Waals surface area (Å²) in [6.45, 7) is 0. The van der Waals surface area contributed by atoms with Crippen molar-refractivity contribution in [2.45, 2.75) is 0 Å². The number of hydrogen-bond donors (Lipinski definition) is 0. The van der Waals surface area contributed by atoms with Gasteiger partial charge < -0.3 is 4.57 Å². The molecule has 0 unspecified atom stereocenters. The summed E-state index contributed by atoms with van der Waals surface area (Å²) in [6, 6.07) is 52.6. The first kappa shape index (κ1) is 27.5. The van der Waals surface area contributed by atoms with Crippen LogP contribution in [0, 0.1) is 0 Å². The van der Waals surface area contributed by atoms with Crippen LogP contribution >= 0.6 is 0 Å². The van der Waals surface area contributed by atoms with Gasteiger partial charge in [-0.2, -0.15) is 0 Å². The normalized spacial score (nSPS) is 13.4. The molecule has 0 aliphatic carbocycles. The molecule has 4 nitrogen and oxygen atoms in total. The maximum atomic E-state index is 9.43. The van der Waals surface area contributed by atoms with Crippen LogP contribution in [0.4, 0.5) is 0 Å². The Bertz CT molecular complexity index is 3990. The van der Waals surface area contributed by atoms with E-state index in [-0.39, 0.29) is 27.6 Å². The molecule has 0 N–H and O–H groups in total. The van der Waals surface area contributed by atoms with E-state index in [4.69, 9.17) is 20.4 Å². The average molecular weight is 785 g/mol. The summed E-state index contributed by atoms with van der Waals surface area (Å²) in [5.41, 5.74) is 5.74. The topological polar surface area (TPSA) is 43.6 Å². The molecular formula is C57H36N4. The molecule has 0 saturated heterocycles. The molecule has 0 saturated carbocycles. The van der Waals surface area contributed by atoms with Gasteiger partial charge in [-0.15, -0.1) is 0 Å². The van der Waals surface area contributed by atoms with Crippen LogP contribution in [0.3, 0.4) is 0 Å². The van der Waals surface area contributed by atoms with Crippen molar-refractivity contribution in [2.75, 3.05) is 0 Å². The number of hydrogen-bond acceptors (Lipinski definition) is 3. The molecule has 0 amide bonds. The molecule has 2 aromatic heterocycles. The lowest BCUT2D eigenvalue weighted by molar-refractivity contribution is 1.06. The first-order chi connectivity index (χ1) is 33.6. The lowest BCUT2D eigenvalue weighted by Crippen LogP contribution is -2.05. The molecule has 284 valence electrons. The van der Waals surface area contributed by atoms with E-state index >= 15 is 0 Å². The SMILES string of the molecule is [2H]c1c([2H])c([2H])c2c(c1[2H])c1c([2H])c([2H])c([2H])c([2H])c1n2-c1cccc(-c2ccc3c4ccccc4c4ccccc4c3c2)c1-c1nc(-c2ccccc2)nc(-c2ccc(-c3ccccc3)cc2)n1. The Morgan fingerprint density at radius 1 is 0.328 bits per heavy atom. The highest BCUT2D eigenvalue weighted by molar-refractivity contribution is 6.26. The van der Waals surface area contributed by atoms with Gasteiger partial charge in [0.05, 0.1) is 33.3 Å². The largest absolute Gasteiger partial charge is 0.308 e. The Kier molecular flexibility index (Phi) is 6.42. The van der Waals surface area contributed by atoms with E-state index in [2.05, 4.69) is 54.6 Å². The number of para-hydroxylation sites is 2. The molecule has 12 aromatic rings. The summed E-state index contributed by atoms with van der Waals surface area (Å²) in [7, 11) is 0. The van der Waals surface area contributed by atoms with Crippen LogP contribution < -0.4 is 0 Å². The Hall–Kier alpha value is -8.21. The summed E-state index contributed by atoms with van der Waals surface area (Å²) in [5, 5.41) is 6.44. The van der Waals surface area contributed by atoms with Crippen molar-refractivity contribution in [1.29, 1.82) is 0 Å². The second kappa shape index (κ2) is 14.3. The Morgan fingerprint density at radius 2 is 0.770 bits per heavy atom. The zero-order valence-electron chi connectivity index (χ0n) is 40.5. The number of fused-ring (bicyclic) bond motifs is 9. The zero-order valence-corrected chi connectivity index (χ0v) is 32.5. The minimum atomic E-state index is -0.517. The Morgan fingerprint density at radius 3 is 1.38 bits per heavy atom. The van der Waals surface area contributed by atoms with Crippen LogP contribution in [-0.4, -0.2) is 19.5 Å². The lowest BCUT2D eigenvalue weighted by atomic mass is 9.90. The van der Waals surface area contributed by atoms with E-state index in [9.17, 15) is 5.48 Å². The predicted molar refractivity (Wildman–Crippen MR) is 254 cm³/mol. The second-order valence-corrected chi connectivity index (χ2v) is 14.9. The van der Waals surface area contributed by atoms with Crippen molar-refractivity contribution < 1.29 is 11.0 Å². The van der Waals surface area contributed by atoms with Crippen LogP contribution in [0.2, 0.25) is 0 Å². The van der Waals surface area contributed by atoms with Crippen molar-refractivity contribution in [1.82, 2.24) is 19.5 Å². The van der Waals surface area contributed by atoms with Crippen molar-refractivity contribution in [3.8, 4) is 62.1 Å². The molecule has 2 heterocycles. The van der Waals surface area contributed by atoms with Gasteiger partial charge in [0, 0.05) is 21.9 Å². The van der Waals surface area contributed by atoms with Gasteiger partial charge in [-0.3, -0.25) is 0 Å². The third kappa shape index (κ3) is 5.80. The standard InChI is InChI=1S/C57H36N4/c1-3-16-37(17-4-1)38-30-32-40(33-31-38)56-58-55(39-18-5-2-6-19-39)59-57(60-56)54-42(26-15-29-53(54)61-51-27-13-11-24-48(51)49-25-12-14-28-52(49)61)41-34-35-47-45-22-8-7-20-43(45)44-21-9-10-23-46(44)50(47)36-41/h1-36H/i11D,12D,13D,14D,24D,25D,27D,28D. The van der Waals surface area contributed by atoms with Crippen molar-refractivity contribution in [3.05, 3.63) is 218 Å². The first-order valence-electron chi connectivity index (χ1n) is 24.0. The van der Waals surface area contributed by atoms with Gasteiger partial charge in [0.25, 0.3) is 0 Å². The van der Waals surface area contributed by atoms with E-state index in [0.717, 1.165) is 60.1 Å². The van der Waals surface area contributed by atoms with E-state index in [1.807, 2.05) is 109 Å². The monoisotopic (exact) mass is 784 g/mol. The molecule has 12 rings (SSSR count). The number of rotatable bonds is 6. The number of benzene rings is 10. The maximum absolute atomic E-state index is 9.43. The van der Waals surface area contributed by atoms with Crippen LogP contribution in [0.15, 0.2) is 218 Å². The van der Waals surface area contributed by atoms with Gasteiger partial charge in [-0.1, -0.05) is 194 Å². The van der Waals surface area contributed by atoms with Gasteiger partial charge in [0.15, 0.2) is 17.5 Å². The van der Waals surface area contributed by atoms with Crippen LogP contribution in [0.1, 0.15) is 11.0 Å². The fraction of sp³-hybridized carbons (Fsp3) is 0. The van der Waals surface area contributed by atoms with Crippen molar-refractivity contribution in [3.63, 3.8) is 0 Å². The fourth-order valence-corrected chi connectivity index (χ4v) is 8.71. The quantitative estimate of drug-likeness (QED) is 0.158. The third-order valence-corrected chi connectivity index (χ3v) is 11.5.